The average molecular weight is 394 g/mol. The first-order valence-electron chi connectivity index (χ1n) is 11.0. The van der Waals surface area contributed by atoms with Gasteiger partial charge in [-0.05, 0) is 81.5 Å². The van der Waals surface area contributed by atoms with E-state index in [-0.39, 0.29) is 0 Å². The zero-order valence-corrected chi connectivity index (χ0v) is 19.5. The summed E-state index contributed by atoms with van der Waals surface area (Å²) < 4.78 is 0. The van der Waals surface area contributed by atoms with Crippen LogP contribution < -0.4 is 4.90 Å². The molecule has 0 amide bonds. The highest BCUT2D eigenvalue weighted by Gasteiger charge is 2.17. The van der Waals surface area contributed by atoms with Crippen molar-refractivity contribution in [2.45, 2.75) is 73.6 Å². The number of anilines is 1. The molecule has 0 spiro atoms. The summed E-state index contributed by atoms with van der Waals surface area (Å²) in [5.74, 6) is 0.718. The van der Waals surface area contributed by atoms with Gasteiger partial charge in [0, 0.05) is 24.2 Å². The van der Waals surface area contributed by atoms with Crippen molar-refractivity contribution in [2.75, 3.05) is 18.0 Å². The van der Waals surface area contributed by atoms with E-state index in [4.69, 9.17) is 0 Å². The molecule has 0 saturated carbocycles. The van der Waals surface area contributed by atoms with Gasteiger partial charge in [0.1, 0.15) is 5.75 Å². The van der Waals surface area contributed by atoms with E-state index in [0.717, 1.165) is 37.9 Å². The first-order chi connectivity index (χ1) is 13.7. The molecule has 0 aliphatic carbocycles. The molecule has 0 unspecified atom stereocenters. The summed E-state index contributed by atoms with van der Waals surface area (Å²) in [6.07, 6.45) is 7.69. The molecular formula is C27H39NO. The number of fused-ring (bicyclic) bond motifs is 1. The van der Waals surface area contributed by atoms with Crippen molar-refractivity contribution in [2.24, 2.45) is 0 Å². The van der Waals surface area contributed by atoms with Crippen molar-refractivity contribution in [1.82, 2.24) is 0 Å². The Balaban J connectivity index is 2.58. The lowest BCUT2D eigenvalue weighted by Gasteiger charge is -2.29. The SMILES string of the molecule is CCc1ccc2cc(C(C)C)c(O)cc2c1N(CCC=C(C)C)CCC=C(C)C. The van der Waals surface area contributed by atoms with Crippen molar-refractivity contribution in [3.05, 3.63) is 58.7 Å². The Kier molecular flexibility index (Phi) is 8.37. The third kappa shape index (κ3) is 6.13. The number of phenolic OH excluding ortho intramolecular Hbond substituents is 1. The molecule has 0 aliphatic heterocycles. The molecule has 0 atom stereocenters. The number of hydrogen-bond donors (Lipinski definition) is 1. The van der Waals surface area contributed by atoms with Crippen LogP contribution in [0.3, 0.4) is 0 Å². The van der Waals surface area contributed by atoms with E-state index >= 15 is 0 Å². The number of aryl methyl sites for hydroxylation is 1. The van der Waals surface area contributed by atoms with Crippen molar-refractivity contribution >= 4 is 16.5 Å². The fourth-order valence-electron chi connectivity index (χ4n) is 3.88. The van der Waals surface area contributed by atoms with E-state index in [1.54, 1.807) is 0 Å². The smallest absolute Gasteiger partial charge is 0.119 e. The van der Waals surface area contributed by atoms with Crippen LogP contribution in [-0.2, 0) is 6.42 Å². The second kappa shape index (κ2) is 10.5. The van der Waals surface area contributed by atoms with Gasteiger partial charge in [0.05, 0.1) is 0 Å². The largest absolute Gasteiger partial charge is 0.508 e. The van der Waals surface area contributed by atoms with Crippen LogP contribution in [0.4, 0.5) is 5.69 Å². The molecule has 0 radical (unpaired) electrons. The van der Waals surface area contributed by atoms with Gasteiger partial charge in [0.25, 0.3) is 0 Å². The number of rotatable bonds is 9. The van der Waals surface area contributed by atoms with Crippen molar-refractivity contribution in [1.29, 1.82) is 0 Å². The Morgan fingerprint density at radius 1 is 0.966 bits per heavy atom. The van der Waals surface area contributed by atoms with E-state index in [2.05, 4.69) is 83.7 Å². The Hall–Kier alpha value is -2.22. The fourth-order valence-corrected chi connectivity index (χ4v) is 3.88. The van der Waals surface area contributed by atoms with Crippen LogP contribution in [0, 0.1) is 0 Å². The molecule has 2 aromatic carbocycles. The molecule has 29 heavy (non-hydrogen) atoms. The number of hydrogen-bond acceptors (Lipinski definition) is 2. The van der Waals surface area contributed by atoms with Gasteiger partial charge in [-0.15, -0.1) is 0 Å². The number of aromatic hydroxyl groups is 1. The summed E-state index contributed by atoms with van der Waals surface area (Å²) in [6.45, 7) is 17.1. The summed E-state index contributed by atoms with van der Waals surface area (Å²) in [4.78, 5) is 2.52. The quantitative estimate of drug-likeness (QED) is 0.440. The van der Waals surface area contributed by atoms with E-state index in [1.807, 2.05) is 6.07 Å². The molecule has 2 nitrogen and oxygen atoms in total. The summed E-state index contributed by atoms with van der Waals surface area (Å²) in [7, 11) is 0. The van der Waals surface area contributed by atoms with E-state index in [9.17, 15) is 5.11 Å². The van der Waals surface area contributed by atoms with Gasteiger partial charge >= 0.3 is 0 Å². The fraction of sp³-hybridized carbons (Fsp3) is 0.481. The Morgan fingerprint density at radius 3 is 2.03 bits per heavy atom. The second-order valence-corrected chi connectivity index (χ2v) is 8.84. The number of benzene rings is 2. The minimum atomic E-state index is 0.306. The van der Waals surface area contributed by atoms with Gasteiger partial charge in [-0.3, -0.25) is 0 Å². The maximum Gasteiger partial charge on any atom is 0.119 e. The molecule has 0 heterocycles. The first kappa shape index (κ1) is 23.1. The van der Waals surface area contributed by atoms with E-state index in [0.29, 0.717) is 11.7 Å². The number of nitrogens with zero attached hydrogens (tertiary/aromatic N) is 1. The predicted octanol–water partition coefficient (Wildman–Crippen LogP) is 7.75. The standard InChI is InChI=1S/C27H39NO/c1-8-22-13-14-23-17-24(21(6)7)26(29)18-25(23)27(22)28(15-9-11-19(2)3)16-10-12-20(4)5/h11-14,17-18,21,29H,8-10,15-16H2,1-7H3. The van der Waals surface area contributed by atoms with Crippen LogP contribution in [0.25, 0.3) is 10.8 Å². The lowest BCUT2D eigenvalue weighted by Crippen LogP contribution is -2.26. The van der Waals surface area contributed by atoms with E-state index in [1.165, 1.54) is 33.2 Å². The van der Waals surface area contributed by atoms with Crippen LogP contribution in [0.1, 0.15) is 78.4 Å². The van der Waals surface area contributed by atoms with Gasteiger partial charge in [-0.1, -0.05) is 56.2 Å². The number of allylic oxidation sites excluding steroid dienone is 2. The van der Waals surface area contributed by atoms with Crippen molar-refractivity contribution in [3.8, 4) is 5.75 Å². The van der Waals surface area contributed by atoms with Crippen molar-refractivity contribution in [3.63, 3.8) is 0 Å². The van der Waals surface area contributed by atoms with Gasteiger partial charge in [-0.25, -0.2) is 0 Å². The highest BCUT2D eigenvalue weighted by Crippen LogP contribution is 2.37. The second-order valence-electron chi connectivity index (χ2n) is 8.84. The lowest BCUT2D eigenvalue weighted by atomic mass is 9.94. The first-order valence-corrected chi connectivity index (χ1v) is 11.0. The zero-order chi connectivity index (χ0) is 21.6. The third-order valence-electron chi connectivity index (χ3n) is 5.44. The Bertz CT molecular complexity index is 859. The van der Waals surface area contributed by atoms with Gasteiger partial charge < -0.3 is 10.0 Å². The molecule has 2 aromatic rings. The lowest BCUT2D eigenvalue weighted by molar-refractivity contribution is 0.466. The molecule has 1 N–H and O–H groups in total. The highest BCUT2D eigenvalue weighted by molar-refractivity contribution is 5.97. The van der Waals surface area contributed by atoms with Crippen LogP contribution in [0.5, 0.6) is 5.75 Å². The monoisotopic (exact) mass is 393 g/mol. The average Bonchev–Trinajstić information content (AvgIpc) is 2.64. The van der Waals surface area contributed by atoms with Crippen LogP contribution in [0.15, 0.2) is 47.6 Å². The van der Waals surface area contributed by atoms with E-state index < -0.39 is 0 Å². The van der Waals surface area contributed by atoms with Gasteiger partial charge in [0.15, 0.2) is 0 Å². The highest BCUT2D eigenvalue weighted by atomic mass is 16.3. The summed E-state index contributed by atoms with van der Waals surface area (Å²) in [6, 6.07) is 8.65. The normalized spacial score (nSPS) is 11.0. The van der Waals surface area contributed by atoms with Gasteiger partial charge in [-0.2, -0.15) is 0 Å². The molecule has 2 heteroatoms. The minimum Gasteiger partial charge on any atom is -0.508 e. The topological polar surface area (TPSA) is 23.5 Å². The van der Waals surface area contributed by atoms with Crippen molar-refractivity contribution < 1.29 is 5.11 Å². The molecule has 0 aliphatic rings. The van der Waals surface area contributed by atoms with Crippen LogP contribution in [-0.4, -0.2) is 18.2 Å². The molecule has 2 rings (SSSR count). The molecule has 0 bridgehead atoms. The molecule has 0 aromatic heterocycles. The van der Waals surface area contributed by atoms with Crippen LogP contribution >= 0.6 is 0 Å². The predicted molar refractivity (Wildman–Crippen MR) is 129 cm³/mol. The molecule has 0 saturated heterocycles. The summed E-state index contributed by atoms with van der Waals surface area (Å²) >= 11 is 0. The molecule has 0 fully saturated rings. The third-order valence-corrected chi connectivity index (χ3v) is 5.44. The maximum absolute atomic E-state index is 10.7. The van der Waals surface area contributed by atoms with Gasteiger partial charge in [0.2, 0.25) is 0 Å². The maximum atomic E-state index is 10.7. The number of phenols is 1. The Labute approximate surface area is 177 Å². The molecular weight excluding hydrogens is 354 g/mol. The Morgan fingerprint density at radius 2 is 1.55 bits per heavy atom. The minimum absolute atomic E-state index is 0.306. The zero-order valence-electron chi connectivity index (χ0n) is 19.5. The summed E-state index contributed by atoms with van der Waals surface area (Å²) in [5, 5.41) is 13.1. The summed E-state index contributed by atoms with van der Waals surface area (Å²) in [5.41, 5.74) is 6.39. The van der Waals surface area contributed by atoms with Crippen LogP contribution in [0.2, 0.25) is 0 Å². The molecule has 158 valence electrons.